The number of halogens is 2. The number of nitrogens with two attached hydrogens (primary N) is 1. The number of benzene rings is 1. The molecule has 12 heteroatoms. The zero-order chi connectivity index (χ0) is 25.7. The Labute approximate surface area is 218 Å². The summed E-state index contributed by atoms with van der Waals surface area (Å²) in [5.41, 5.74) is 7.70. The summed E-state index contributed by atoms with van der Waals surface area (Å²) in [6.45, 7) is 2.48. The van der Waals surface area contributed by atoms with Gasteiger partial charge in [0.25, 0.3) is 5.91 Å². The lowest BCUT2D eigenvalue weighted by Crippen LogP contribution is -2.43. The molecule has 2 aromatic rings. The first-order chi connectivity index (χ1) is 17.4. The van der Waals surface area contributed by atoms with Gasteiger partial charge in [-0.2, -0.15) is 0 Å². The Hall–Kier alpha value is -2.99. The number of hydrogen-bond acceptors (Lipinski definition) is 8. The van der Waals surface area contributed by atoms with E-state index in [0.717, 1.165) is 11.6 Å². The van der Waals surface area contributed by atoms with Crippen LogP contribution in [0, 0.1) is 5.82 Å². The van der Waals surface area contributed by atoms with Crippen LogP contribution >= 0.6 is 23.8 Å². The fraction of sp³-hybridized carbons (Fsp3) is 0.375. The van der Waals surface area contributed by atoms with Crippen molar-refractivity contribution in [1.29, 1.82) is 0 Å². The van der Waals surface area contributed by atoms with E-state index in [2.05, 4.69) is 10.3 Å². The number of aromatic nitrogens is 1. The highest BCUT2D eigenvalue weighted by molar-refractivity contribution is 7.80. The van der Waals surface area contributed by atoms with Gasteiger partial charge in [-0.3, -0.25) is 9.78 Å². The number of amides is 1. The number of nitrogens with zero attached hydrogens (tertiary/aromatic N) is 2. The highest BCUT2D eigenvalue weighted by Crippen LogP contribution is 2.38. The number of ether oxygens (including phenoxy) is 4. The van der Waals surface area contributed by atoms with Crippen molar-refractivity contribution in [2.24, 2.45) is 5.73 Å². The molecule has 2 aliphatic rings. The van der Waals surface area contributed by atoms with Gasteiger partial charge in [0.05, 0.1) is 49.4 Å². The van der Waals surface area contributed by atoms with E-state index in [-0.39, 0.29) is 39.7 Å². The standard InChI is InChI=1S/C24H26ClFN4O5S/c1-32-22-17(25)8-15(26)9-19(22)30-5-3-18(21(23(27)36)24(30)31)29-10-14-2-4-28-11-20(14)35-13-16-12-33-6-7-34-16/h2,4,8-9,11,16,29H,3,5-7,10,12-13H2,1H3,(H2,27,36). The van der Waals surface area contributed by atoms with E-state index in [9.17, 15) is 9.18 Å². The number of pyridine rings is 1. The zero-order valence-corrected chi connectivity index (χ0v) is 21.2. The van der Waals surface area contributed by atoms with Gasteiger partial charge >= 0.3 is 0 Å². The van der Waals surface area contributed by atoms with Gasteiger partial charge in [-0.1, -0.05) is 23.8 Å². The topological polar surface area (TPSA) is 108 Å². The van der Waals surface area contributed by atoms with Gasteiger partial charge < -0.3 is 34.9 Å². The normalized spacial score (nSPS) is 18.2. The monoisotopic (exact) mass is 536 g/mol. The highest BCUT2D eigenvalue weighted by atomic mass is 35.5. The summed E-state index contributed by atoms with van der Waals surface area (Å²) in [5.74, 6) is -0.295. The molecule has 3 heterocycles. The summed E-state index contributed by atoms with van der Waals surface area (Å²) in [6.07, 6.45) is 3.52. The Morgan fingerprint density at radius 2 is 2.25 bits per heavy atom. The first kappa shape index (κ1) is 26.1. The summed E-state index contributed by atoms with van der Waals surface area (Å²) in [5, 5.41) is 3.33. The van der Waals surface area contributed by atoms with Gasteiger partial charge in [0.2, 0.25) is 0 Å². The van der Waals surface area contributed by atoms with Gasteiger partial charge in [-0.15, -0.1) is 0 Å². The van der Waals surface area contributed by atoms with Crippen LogP contribution in [0.15, 0.2) is 41.9 Å². The van der Waals surface area contributed by atoms with Gasteiger partial charge in [0.1, 0.15) is 29.3 Å². The fourth-order valence-electron chi connectivity index (χ4n) is 4.03. The van der Waals surface area contributed by atoms with Crippen LogP contribution in [0.5, 0.6) is 11.5 Å². The smallest absolute Gasteiger partial charge is 0.263 e. The van der Waals surface area contributed by atoms with E-state index in [0.29, 0.717) is 50.8 Å². The molecule has 1 aromatic carbocycles. The van der Waals surface area contributed by atoms with E-state index in [1.165, 1.54) is 18.1 Å². The van der Waals surface area contributed by atoms with Crippen molar-refractivity contribution < 1.29 is 28.1 Å². The van der Waals surface area contributed by atoms with Crippen LogP contribution in [0.2, 0.25) is 5.02 Å². The molecule has 4 rings (SSSR count). The third-order valence-corrected chi connectivity index (χ3v) is 6.23. The minimum Gasteiger partial charge on any atom is -0.493 e. The van der Waals surface area contributed by atoms with Crippen LogP contribution in [0.1, 0.15) is 12.0 Å². The quantitative estimate of drug-likeness (QED) is 0.468. The van der Waals surface area contributed by atoms with E-state index in [1.54, 1.807) is 12.4 Å². The summed E-state index contributed by atoms with van der Waals surface area (Å²) in [4.78, 5) is 18.8. The second-order valence-electron chi connectivity index (χ2n) is 8.08. The predicted molar refractivity (Wildman–Crippen MR) is 136 cm³/mol. The molecule has 1 fully saturated rings. The maximum absolute atomic E-state index is 14.1. The molecule has 2 aliphatic heterocycles. The average Bonchev–Trinajstić information content (AvgIpc) is 2.86. The molecule has 0 radical (unpaired) electrons. The van der Waals surface area contributed by atoms with Crippen molar-refractivity contribution in [2.45, 2.75) is 19.1 Å². The van der Waals surface area contributed by atoms with Crippen LogP contribution in [0.3, 0.4) is 0 Å². The molecule has 1 amide bonds. The molecule has 3 N–H and O–H groups in total. The predicted octanol–water partition coefficient (Wildman–Crippen LogP) is 2.74. The van der Waals surface area contributed by atoms with Crippen LogP contribution in [0.4, 0.5) is 10.1 Å². The van der Waals surface area contributed by atoms with Gasteiger partial charge in [-0.25, -0.2) is 4.39 Å². The number of carbonyl (C=O) groups is 1. The van der Waals surface area contributed by atoms with Gasteiger partial charge in [0.15, 0.2) is 5.75 Å². The Kier molecular flexibility index (Phi) is 8.57. The first-order valence-corrected chi connectivity index (χ1v) is 12.0. The summed E-state index contributed by atoms with van der Waals surface area (Å²) in [6, 6.07) is 4.13. The van der Waals surface area contributed by atoms with E-state index < -0.39 is 11.7 Å². The molecular weight excluding hydrogens is 511 g/mol. The zero-order valence-electron chi connectivity index (χ0n) is 19.6. The van der Waals surface area contributed by atoms with Crippen molar-refractivity contribution in [3.8, 4) is 11.5 Å². The Balaban J connectivity index is 1.52. The van der Waals surface area contributed by atoms with Crippen LogP contribution in [-0.2, 0) is 20.8 Å². The Morgan fingerprint density at radius 3 is 2.97 bits per heavy atom. The van der Waals surface area contributed by atoms with Gasteiger partial charge in [-0.05, 0) is 12.1 Å². The SMILES string of the molecule is COc1c(Cl)cc(F)cc1N1CCC(NCc2ccncc2OCC2COCCO2)=C(C(N)=S)C1=O. The maximum Gasteiger partial charge on any atom is 0.263 e. The summed E-state index contributed by atoms with van der Waals surface area (Å²) in [7, 11) is 1.40. The van der Waals surface area contributed by atoms with Crippen LogP contribution in [0.25, 0.3) is 0 Å². The van der Waals surface area contributed by atoms with Crippen molar-refractivity contribution in [3.63, 3.8) is 0 Å². The molecule has 0 aliphatic carbocycles. The number of anilines is 1. The number of hydrogen-bond donors (Lipinski definition) is 2. The van der Waals surface area contributed by atoms with Crippen molar-refractivity contribution in [2.75, 3.05) is 45.0 Å². The Bertz CT molecular complexity index is 1180. The molecule has 1 atom stereocenters. The molecular formula is C24H26ClFN4O5S. The van der Waals surface area contributed by atoms with E-state index in [1.807, 2.05) is 6.07 Å². The number of rotatable bonds is 9. The second kappa shape index (κ2) is 11.8. The number of nitrogens with one attached hydrogen (secondary N) is 1. The summed E-state index contributed by atoms with van der Waals surface area (Å²) >= 11 is 11.3. The lowest BCUT2D eigenvalue weighted by Gasteiger charge is -2.32. The lowest BCUT2D eigenvalue weighted by molar-refractivity contribution is -0.115. The number of carbonyl (C=O) groups excluding carboxylic acids is 1. The van der Waals surface area contributed by atoms with Crippen molar-refractivity contribution in [3.05, 3.63) is 58.3 Å². The lowest BCUT2D eigenvalue weighted by atomic mass is 10.0. The molecule has 36 heavy (non-hydrogen) atoms. The average molecular weight is 537 g/mol. The molecule has 1 saturated heterocycles. The molecule has 0 bridgehead atoms. The highest BCUT2D eigenvalue weighted by Gasteiger charge is 2.32. The molecule has 192 valence electrons. The van der Waals surface area contributed by atoms with E-state index in [4.69, 9.17) is 48.5 Å². The molecule has 9 nitrogen and oxygen atoms in total. The van der Waals surface area contributed by atoms with Crippen molar-refractivity contribution >= 4 is 40.4 Å². The molecule has 0 saturated carbocycles. The molecule has 1 unspecified atom stereocenters. The van der Waals surface area contributed by atoms with E-state index >= 15 is 0 Å². The maximum atomic E-state index is 14.1. The minimum absolute atomic E-state index is 0.0560. The first-order valence-electron chi connectivity index (χ1n) is 11.3. The minimum atomic E-state index is -0.594. The van der Waals surface area contributed by atoms with Crippen molar-refractivity contribution in [1.82, 2.24) is 10.3 Å². The largest absolute Gasteiger partial charge is 0.493 e. The Morgan fingerprint density at radius 1 is 1.42 bits per heavy atom. The summed E-state index contributed by atoms with van der Waals surface area (Å²) < 4.78 is 36.4. The second-order valence-corrected chi connectivity index (χ2v) is 8.93. The molecule has 1 aromatic heterocycles. The number of methoxy groups -OCH3 is 1. The third kappa shape index (κ3) is 5.86. The number of thiocarbonyl (C=S) groups is 1. The third-order valence-electron chi connectivity index (χ3n) is 5.75. The van der Waals surface area contributed by atoms with Crippen LogP contribution in [-0.4, -0.2) is 62.1 Å². The van der Waals surface area contributed by atoms with Crippen LogP contribution < -0.4 is 25.4 Å². The fourth-order valence-corrected chi connectivity index (χ4v) is 4.52. The molecule has 0 spiro atoms. The van der Waals surface area contributed by atoms with Gasteiger partial charge in [0, 0.05) is 43.0 Å².